The van der Waals surface area contributed by atoms with Gasteiger partial charge in [0.2, 0.25) is 0 Å². The van der Waals surface area contributed by atoms with Gasteiger partial charge in [0.05, 0.1) is 0 Å². The lowest BCUT2D eigenvalue weighted by molar-refractivity contribution is 0.306. The highest BCUT2D eigenvalue weighted by atomic mass is 19.1. The van der Waals surface area contributed by atoms with Crippen molar-refractivity contribution >= 4 is 0 Å². The molecule has 0 atom stereocenters. The second-order valence-corrected chi connectivity index (χ2v) is 4.34. The molecule has 0 aliphatic heterocycles. The highest BCUT2D eigenvalue weighted by Crippen LogP contribution is 2.14. The van der Waals surface area contributed by atoms with Crippen LogP contribution in [0.2, 0.25) is 0 Å². The van der Waals surface area contributed by atoms with Crippen LogP contribution in [0.3, 0.4) is 0 Å². The van der Waals surface area contributed by atoms with Crippen LogP contribution in [0.4, 0.5) is 4.39 Å². The molecule has 2 nitrogen and oxygen atoms in total. The molecule has 2 rings (SSSR count). The van der Waals surface area contributed by atoms with E-state index in [0.717, 1.165) is 24.4 Å². The summed E-state index contributed by atoms with van der Waals surface area (Å²) in [5, 5.41) is 3.27. The second-order valence-electron chi connectivity index (χ2n) is 4.34. The number of hydrogen-bond acceptors (Lipinski definition) is 2. The third-order valence-electron chi connectivity index (χ3n) is 2.82. The monoisotopic (exact) mass is 259 g/mol. The van der Waals surface area contributed by atoms with Gasteiger partial charge in [-0.05, 0) is 41.9 Å². The number of ether oxygens (including phenoxy) is 1. The first kappa shape index (κ1) is 13.6. The molecular weight excluding hydrogens is 241 g/mol. The van der Waals surface area contributed by atoms with E-state index in [9.17, 15) is 4.39 Å². The Labute approximate surface area is 113 Å². The van der Waals surface area contributed by atoms with Crippen molar-refractivity contribution in [1.82, 2.24) is 5.32 Å². The maximum absolute atomic E-state index is 12.7. The quantitative estimate of drug-likeness (QED) is 0.857. The average Bonchev–Trinajstić information content (AvgIpc) is 2.46. The summed E-state index contributed by atoms with van der Waals surface area (Å²) >= 11 is 0. The molecule has 19 heavy (non-hydrogen) atoms. The van der Waals surface area contributed by atoms with E-state index in [-0.39, 0.29) is 5.82 Å². The summed E-state index contributed by atoms with van der Waals surface area (Å²) in [7, 11) is 0. The van der Waals surface area contributed by atoms with E-state index in [1.165, 1.54) is 17.7 Å². The van der Waals surface area contributed by atoms with E-state index in [2.05, 4.69) is 12.2 Å². The predicted octanol–water partition coefficient (Wildman–Crippen LogP) is 3.51. The zero-order valence-corrected chi connectivity index (χ0v) is 11.0. The SMILES string of the molecule is CCNCc1ccc(OCc2ccc(F)cc2)cc1. The van der Waals surface area contributed by atoms with Crippen LogP contribution in [-0.4, -0.2) is 6.54 Å². The Hall–Kier alpha value is -1.87. The minimum atomic E-state index is -0.225. The molecular formula is C16H18FNO. The lowest BCUT2D eigenvalue weighted by atomic mass is 10.2. The van der Waals surface area contributed by atoms with Crippen molar-refractivity contribution in [3.63, 3.8) is 0 Å². The van der Waals surface area contributed by atoms with Crippen LogP contribution >= 0.6 is 0 Å². The number of hydrogen-bond donors (Lipinski definition) is 1. The van der Waals surface area contributed by atoms with Crippen LogP contribution < -0.4 is 10.1 Å². The third-order valence-corrected chi connectivity index (χ3v) is 2.82. The van der Waals surface area contributed by atoms with Gasteiger partial charge in [0.1, 0.15) is 18.2 Å². The molecule has 0 radical (unpaired) electrons. The normalized spacial score (nSPS) is 10.4. The first-order valence-corrected chi connectivity index (χ1v) is 6.45. The van der Waals surface area contributed by atoms with Gasteiger partial charge in [-0.3, -0.25) is 0 Å². The van der Waals surface area contributed by atoms with Gasteiger partial charge < -0.3 is 10.1 Å². The molecule has 0 saturated carbocycles. The molecule has 1 N–H and O–H groups in total. The van der Waals surface area contributed by atoms with E-state index >= 15 is 0 Å². The van der Waals surface area contributed by atoms with Crippen molar-refractivity contribution in [2.75, 3.05) is 6.54 Å². The molecule has 0 fully saturated rings. The molecule has 3 heteroatoms. The summed E-state index contributed by atoms with van der Waals surface area (Å²) < 4.78 is 18.4. The average molecular weight is 259 g/mol. The zero-order chi connectivity index (χ0) is 13.5. The van der Waals surface area contributed by atoms with E-state index in [0.29, 0.717) is 6.61 Å². The molecule has 0 aliphatic rings. The molecule has 0 unspecified atom stereocenters. The first-order chi connectivity index (χ1) is 9.28. The van der Waals surface area contributed by atoms with Crippen molar-refractivity contribution in [2.45, 2.75) is 20.1 Å². The van der Waals surface area contributed by atoms with E-state index < -0.39 is 0 Å². The van der Waals surface area contributed by atoms with Gasteiger partial charge in [0.15, 0.2) is 0 Å². The molecule has 0 aromatic heterocycles. The van der Waals surface area contributed by atoms with Gasteiger partial charge in [0, 0.05) is 6.54 Å². The Morgan fingerprint density at radius 1 is 0.947 bits per heavy atom. The maximum Gasteiger partial charge on any atom is 0.123 e. The van der Waals surface area contributed by atoms with Crippen LogP contribution in [0.5, 0.6) is 5.75 Å². The molecule has 2 aromatic rings. The van der Waals surface area contributed by atoms with Gasteiger partial charge in [0.25, 0.3) is 0 Å². The van der Waals surface area contributed by atoms with Crippen LogP contribution in [-0.2, 0) is 13.2 Å². The lowest BCUT2D eigenvalue weighted by Crippen LogP contribution is -2.11. The molecule has 0 bridgehead atoms. The summed E-state index contributed by atoms with van der Waals surface area (Å²) in [6, 6.07) is 14.3. The highest BCUT2D eigenvalue weighted by molar-refractivity contribution is 5.27. The molecule has 0 saturated heterocycles. The van der Waals surface area contributed by atoms with E-state index in [4.69, 9.17) is 4.74 Å². The maximum atomic E-state index is 12.7. The van der Waals surface area contributed by atoms with Crippen molar-refractivity contribution < 1.29 is 9.13 Å². The summed E-state index contributed by atoms with van der Waals surface area (Å²) in [4.78, 5) is 0. The summed E-state index contributed by atoms with van der Waals surface area (Å²) in [5.74, 6) is 0.598. The predicted molar refractivity (Wildman–Crippen MR) is 74.6 cm³/mol. The summed E-state index contributed by atoms with van der Waals surface area (Å²) in [6.07, 6.45) is 0. The lowest BCUT2D eigenvalue weighted by Gasteiger charge is -2.07. The first-order valence-electron chi connectivity index (χ1n) is 6.45. The second kappa shape index (κ2) is 6.90. The fraction of sp³-hybridized carbons (Fsp3) is 0.250. The smallest absolute Gasteiger partial charge is 0.123 e. The molecule has 0 heterocycles. The third kappa shape index (κ3) is 4.38. The Bertz CT molecular complexity index is 493. The van der Waals surface area contributed by atoms with Crippen LogP contribution in [0, 0.1) is 5.82 Å². The summed E-state index contributed by atoms with van der Waals surface area (Å²) in [6.45, 7) is 4.37. The Kier molecular flexibility index (Phi) is 4.93. The standard InChI is InChI=1S/C16H18FNO/c1-2-18-11-13-5-9-16(10-6-13)19-12-14-3-7-15(17)8-4-14/h3-10,18H,2,11-12H2,1H3. The van der Waals surface area contributed by atoms with Gasteiger partial charge >= 0.3 is 0 Å². The van der Waals surface area contributed by atoms with Gasteiger partial charge in [-0.2, -0.15) is 0 Å². The molecule has 2 aromatic carbocycles. The van der Waals surface area contributed by atoms with Crippen molar-refractivity contribution in [3.8, 4) is 5.75 Å². The number of benzene rings is 2. The van der Waals surface area contributed by atoms with Crippen LogP contribution in [0.15, 0.2) is 48.5 Å². The Morgan fingerprint density at radius 2 is 1.58 bits per heavy atom. The number of rotatable bonds is 6. The number of halogens is 1. The van der Waals surface area contributed by atoms with Gasteiger partial charge in [-0.15, -0.1) is 0 Å². The van der Waals surface area contributed by atoms with Crippen molar-refractivity contribution in [1.29, 1.82) is 0 Å². The molecule has 0 spiro atoms. The van der Waals surface area contributed by atoms with Crippen molar-refractivity contribution in [2.24, 2.45) is 0 Å². The zero-order valence-electron chi connectivity index (χ0n) is 11.0. The molecule has 100 valence electrons. The van der Waals surface area contributed by atoms with Gasteiger partial charge in [-0.1, -0.05) is 31.2 Å². The van der Waals surface area contributed by atoms with E-state index in [1.807, 2.05) is 24.3 Å². The number of nitrogens with one attached hydrogen (secondary N) is 1. The Balaban J connectivity index is 1.87. The topological polar surface area (TPSA) is 21.3 Å². The molecule has 0 aliphatic carbocycles. The fourth-order valence-electron chi connectivity index (χ4n) is 1.72. The minimum absolute atomic E-state index is 0.225. The molecule has 0 amide bonds. The highest BCUT2D eigenvalue weighted by Gasteiger charge is 1.98. The van der Waals surface area contributed by atoms with Crippen LogP contribution in [0.25, 0.3) is 0 Å². The van der Waals surface area contributed by atoms with Crippen LogP contribution in [0.1, 0.15) is 18.1 Å². The minimum Gasteiger partial charge on any atom is -0.489 e. The van der Waals surface area contributed by atoms with Gasteiger partial charge in [-0.25, -0.2) is 4.39 Å². The summed E-state index contributed by atoms with van der Waals surface area (Å²) in [5.41, 5.74) is 2.19. The Morgan fingerprint density at radius 3 is 2.21 bits per heavy atom. The fourth-order valence-corrected chi connectivity index (χ4v) is 1.72. The largest absolute Gasteiger partial charge is 0.489 e. The van der Waals surface area contributed by atoms with Crippen molar-refractivity contribution in [3.05, 3.63) is 65.5 Å². The van der Waals surface area contributed by atoms with E-state index in [1.54, 1.807) is 12.1 Å².